The molecule has 1 aliphatic rings. The van der Waals surface area contributed by atoms with Gasteiger partial charge in [-0.15, -0.1) is 0 Å². The van der Waals surface area contributed by atoms with Crippen LogP contribution in [0.4, 0.5) is 0 Å². The molecule has 0 spiro atoms. The van der Waals surface area contributed by atoms with E-state index in [9.17, 15) is 4.79 Å². The van der Waals surface area contributed by atoms with E-state index in [2.05, 4.69) is 25.8 Å². The second-order valence-electron chi connectivity index (χ2n) is 6.05. The van der Waals surface area contributed by atoms with Gasteiger partial charge in [0, 0.05) is 24.1 Å². The number of oxime groups is 2. The first-order chi connectivity index (χ1) is 13.0. The van der Waals surface area contributed by atoms with Crippen molar-refractivity contribution >= 4 is 28.8 Å². The lowest BCUT2D eigenvalue weighted by Crippen LogP contribution is -2.29. The zero-order valence-electron chi connectivity index (χ0n) is 16.3. The average molecular weight is 371 g/mol. The third-order valence-electron chi connectivity index (χ3n) is 4.07. The number of hydrogen-bond donors (Lipinski definition) is 1. The van der Waals surface area contributed by atoms with Crippen molar-refractivity contribution < 1.29 is 14.5 Å². The van der Waals surface area contributed by atoms with Crippen LogP contribution in [0.15, 0.2) is 44.8 Å². The van der Waals surface area contributed by atoms with Crippen LogP contribution in [0.25, 0.3) is 0 Å². The number of hydrogen-bond acceptors (Lipinski definition) is 7. The van der Waals surface area contributed by atoms with E-state index >= 15 is 0 Å². The Kier molecular flexibility index (Phi) is 7.22. The maximum absolute atomic E-state index is 12.2. The molecular formula is C19H25N5O3. The maximum atomic E-state index is 12.2. The molecule has 0 unspecified atom stereocenters. The summed E-state index contributed by atoms with van der Waals surface area (Å²) in [5.74, 6) is 0.0227. The van der Waals surface area contributed by atoms with Gasteiger partial charge in [0.05, 0.1) is 11.4 Å². The van der Waals surface area contributed by atoms with Crippen LogP contribution >= 0.6 is 0 Å². The average Bonchev–Trinajstić information content (AvgIpc) is 3.51. The molecule has 144 valence electrons. The molecule has 1 fully saturated rings. The van der Waals surface area contributed by atoms with Crippen LogP contribution in [-0.4, -0.2) is 50.0 Å². The second kappa shape index (κ2) is 9.61. The fourth-order valence-corrected chi connectivity index (χ4v) is 2.60. The third-order valence-corrected chi connectivity index (χ3v) is 4.07. The lowest BCUT2D eigenvalue weighted by molar-refractivity contribution is -0.114. The number of carbonyl (C=O) groups is 1. The third kappa shape index (κ3) is 5.22. The fraction of sp³-hybridized carbons (Fsp3) is 0.421. The van der Waals surface area contributed by atoms with Crippen LogP contribution in [0.2, 0.25) is 0 Å². The van der Waals surface area contributed by atoms with Crippen molar-refractivity contribution in [2.45, 2.75) is 26.7 Å². The molecule has 0 aromatic heterocycles. The molecule has 0 bridgehead atoms. The van der Waals surface area contributed by atoms with Gasteiger partial charge in [0.2, 0.25) is 0 Å². The Labute approximate surface area is 159 Å². The molecule has 1 N–H and O–H groups in total. The molecule has 2 rings (SSSR count). The summed E-state index contributed by atoms with van der Waals surface area (Å²) >= 11 is 0. The van der Waals surface area contributed by atoms with Gasteiger partial charge >= 0.3 is 0 Å². The molecular weight excluding hydrogens is 346 g/mol. The fourth-order valence-electron chi connectivity index (χ4n) is 2.60. The van der Waals surface area contributed by atoms with Gasteiger partial charge < -0.3 is 15.0 Å². The van der Waals surface area contributed by atoms with E-state index in [4.69, 9.17) is 9.68 Å². The lowest BCUT2D eigenvalue weighted by atomic mass is 9.99. The molecule has 1 amide bonds. The van der Waals surface area contributed by atoms with Gasteiger partial charge in [-0.1, -0.05) is 34.6 Å². The summed E-state index contributed by atoms with van der Waals surface area (Å²) in [7, 11) is 4.45. The molecule has 1 aromatic rings. The van der Waals surface area contributed by atoms with Crippen LogP contribution in [0, 0.1) is 5.92 Å². The summed E-state index contributed by atoms with van der Waals surface area (Å²) < 4.78 is 0. The molecule has 8 heteroatoms. The largest absolute Gasteiger partial charge is 0.399 e. The van der Waals surface area contributed by atoms with Gasteiger partial charge in [-0.3, -0.25) is 4.79 Å². The quantitative estimate of drug-likeness (QED) is 0.561. The summed E-state index contributed by atoms with van der Waals surface area (Å²) in [6.07, 6.45) is 2.14. The maximum Gasteiger partial charge on any atom is 0.273 e. The predicted molar refractivity (Wildman–Crippen MR) is 107 cm³/mol. The Morgan fingerprint density at radius 3 is 2.22 bits per heavy atom. The second-order valence-corrected chi connectivity index (χ2v) is 6.05. The molecule has 0 radical (unpaired) electrons. The normalized spacial score (nSPS) is 16.2. The molecule has 0 saturated heterocycles. The zero-order valence-corrected chi connectivity index (χ0v) is 16.3. The van der Waals surface area contributed by atoms with Gasteiger partial charge in [0.1, 0.15) is 19.9 Å². The highest BCUT2D eigenvalue weighted by Crippen LogP contribution is 2.31. The predicted octanol–water partition coefficient (Wildman–Crippen LogP) is 2.38. The van der Waals surface area contributed by atoms with Crippen LogP contribution in [0.1, 0.15) is 37.8 Å². The number of rotatable bonds is 8. The first kappa shape index (κ1) is 20.3. The number of nitrogens with one attached hydrogen (secondary N) is 1. The van der Waals surface area contributed by atoms with Crippen molar-refractivity contribution in [3.63, 3.8) is 0 Å². The van der Waals surface area contributed by atoms with Crippen molar-refractivity contribution in [2.75, 3.05) is 21.3 Å². The van der Waals surface area contributed by atoms with Crippen molar-refractivity contribution in [3.8, 4) is 0 Å². The van der Waals surface area contributed by atoms with Gasteiger partial charge in [0.15, 0.2) is 5.71 Å². The minimum atomic E-state index is -0.345. The van der Waals surface area contributed by atoms with Gasteiger partial charge in [-0.25, -0.2) is 0 Å². The first-order valence-corrected chi connectivity index (χ1v) is 8.66. The Morgan fingerprint density at radius 2 is 1.67 bits per heavy atom. The summed E-state index contributed by atoms with van der Waals surface area (Å²) in [6.45, 7) is 3.69. The highest BCUT2D eigenvalue weighted by atomic mass is 16.6. The van der Waals surface area contributed by atoms with Crippen LogP contribution in [0.3, 0.4) is 0 Å². The van der Waals surface area contributed by atoms with E-state index in [0.717, 1.165) is 29.8 Å². The van der Waals surface area contributed by atoms with Crippen molar-refractivity contribution in [1.29, 1.82) is 0 Å². The van der Waals surface area contributed by atoms with Gasteiger partial charge in [0.25, 0.3) is 5.91 Å². The minimum Gasteiger partial charge on any atom is -0.399 e. The zero-order chi connectivity index (χ0) is 19.8. The van der Waals surface area contributed by atoms with Crippen molar-refractivity contribution in [1.82, 2.24) is 5.32 Å². The molecule has 0 aliphatic heterocycles. The summed E-state index contributed by atoms with van der Waals surface area (Å²) in [5.41, 5.74) is 3.74. The van der Waals surface area contributed by atoms with E-state index in [-0.39, 0.29) is 11.6 Å². The van der Waals surface area contributed by atoms with Crippen LogP contribution in [-0.2, 0) is 14.5 Å². The van der Waals surface area contributed by atoms with E-state index in [0.29, 0.717) is 17.2 Å². The smallest absolute Gasteiger partial charge is 0.273 e. The molecule has 8 nitrogen and oxygen atoms in total. The Morgan fingerprint density at radius 1 is 1.04 bits per heavy atom. The summed E-state index contributed by atoms with van der Waals surface area (Å²) in [6, 6.07) is 7.36. The van der Waals surface area contributed by atoms with Crippen molar-refractivity contribution in [3.05, 3.63) is 35.4 Å². The highest BCUT2D eigenvalue weighted by molar-refractivity contribution is 6.46. The number of nitrogens with zero attached hydrogens (tertiary/aromatic N) is 4. The Hall–Kier alpha value is -3.03. The number of likely N-dealkylation sites (N-methyl/N-ethyl adjacent to an activating group) is 1. The first-order valence-electron chi connectivity index (χ1n) is 8.66. The van der Waals surface area contributed by atoms with Crippen LogP contribution in [0.5, 0.6) is 0 Å². The van der Waals surface area contributed by atoms with E-state index in [1.165, 1.54) is 14.2 Å². The molecule has 1 aliphatic carbocycles. The SMILES string of the molecule is CNC(=O)/C(=N/OC)c1ccccc1/C(C)=N/N=C(/C(C)=N/OC)C1CC1. The van der Waals surface area contributed by atoms with Crippen molar-refractivity contribution in [2.24, 2.45) is 26.4 Å². The molecule has 27 heavy (non-hydrogen) atoms. The summed E-state index contributed by atoms with van der Waals surface area (Å²) in [5, 5.41) is 19.2. The standard InChI is InChI=1S/C19H25N5O3/c1-12(21-22-17(14-10-11-14)13(2)23-26-4)15-8-6-7-9-16(15)18(24-27-5)19(25)20-3/h6-9,14H,10-11H2,1-5H3,(H,20,25)/b21-12+,22-17-,23-13+,24-18+. The molecule has 1 saturated carbocycles. The number of benzene rings is 1. The van der Waals surface area contributed by atoms with E-state index in [1.54, 1.807) is 13.1 Å². The molecule has 0 heterocycles. The molecule has 1 aromatic carbocycles. The van der Waals surface area contributed by atoms with Gasteiger partial charge in [-0.05, 0) is 26.7 Å². The summed E-state index contributed by atoms with van der Waals surface area (Å²) in [4.78, 5) is 21.9. The van der Waals surface area contributed by atoms with E-state index in [1.807, 2.05) is 32.0 Å². The number of amides is 1. The Balaban J connectivity index is 2.44. The minimum absolute atomic E-state index is 0.175. The highest BCUT2D eigenvalue weighted by Gasteiger charge is 2.30. The monoisotopic (exact) mass is 371 g/mol. The van der Waals surface area contributed by atoms with Gasteiger partial charge in [-0.2, -0.15) is 10.2 Å². The van der Waals surface area contributed by atoms with E-state index < -0.39 is 0 Å². The number of carbonyl (C=O) groups excluding carboxylic acids is 1. The topological polar surface area (TPSA) is 97.0 Å². The Bertz CT molecular complexity index is 807. The molecule has 0 atom stereocenters. The van der Waals surface area contributed by atoms with Crippen LogP contribution < -0.4 is 5.32 Å². The lowest BCUT2D eigenvalue weighted by Gasteiger charge is -2.10.